The maximum Gasteiger partial charge on any atom is 0.255 e. The van der Waals surface area contributed by atoms with Gasteiger partial charge in [-0.15, -0.1) is 0 Å². The third-order valence-electron chi connectivity index (χ3n) is 4.17. The fourth-order valence-electron chi connectivity index (χ4n) is 2.70. The zero-order valence-corrected chi connectivity index (χ0v) is 15.5. The van der Waals surface area contributed by atoms with Crippen molar-refractivity contribution in [3.05, 3.63) is 59.4 Å². The number of hydrogen-bond acceptors (Lipinski definition) is 4. The average molecular weight is 355 g/mol. The van der Waals surface area contributed by atoms with Gasteiger partial charge in [0.25, 0.3) is 11.8 Å². The van der Waals surface area contributed by atoms with Crippen molar-refractivity contribution < 1.29 is 14.3 Å². The number of para-hydroxylation sites is 1. The highest BCUT2D eigenvalue weighted by Gasteiger charge is 2.15. The van der Waals surface area contributed by atoms with E-state index in [9.17, 15) is 9.59 Å². The summed E-state index contributed by atoms with van der Waals surface area (Å²) in [7, 11) is 1.63. The maximum absolute atomic E-state index is 12.4. The van der Waals surface area contributed by atoms with E-state index in [1.165, 1.54) is 12.4 Å². The summed E-state index contributed by atoms with van der Waals surface area (Å²) in [5.74, 6) is 0.433. The van der Waals surface area contributed by atoms with E-state index in [0.29, 0.717) is 37.2 Å². The SMILES string of the molecule is CCN(CC)C(=O)c1cncc(C(=O)NCCc2ccccc2OC)c1. The summed E-state index contributed by atoms with van der Waals surface area (Å²) < 4.78 is 5.31. The number of hydrogen-bond donors (Lipinski definition) is 1. The normalized spacial score (nSPS) is 10.3. The van der Waals surface area contributed by atoms with Gasteiger partial charge in [-0.2, -0.15) is 0 Å². The first-order chi connectivity index (χ1) is 12.6. The Morgan fingerprint density at radius 3 is 2.50 bits per heavy atom. The number of benzene rings is 1. The highest BCUT2D eigenvalue weighted by Crippen LogP contribution is 2.17. The first-order valence-electron chi connectivity index (χ1n) is 8.75. The summed E-state index contributed by atoms with van der Waals surface area (Å²) >= 11 is 0. The smallest absolute Gasteiger partial charge is 0.255 e. The molecule has 26 heavy (non-hydrogen) atoms. The van der Waals surface area contributed by atoms with Crippen LogP contribution in [0.3, 0.4) is 0 Å². The topological polar surface area (TPSA) is 71.5 Å². The van der Waals surface area contributed by atoms with Crippen LogP contribution >= 0.6 is 0 Å². The van der Waals surface area contributed by atoms with E-state index in [4.69, 9.17) is 4.74 Å². The van der Waals surface area contributed by atoms with Crippen LogP contribution in [0.1, 0.15) is 40.1 Å². The molecule has 0 aliphatic rings. The molecule has 6 heteroatoms. The van der Waals surface area contributed by atoms with E-state index in [0.717, 1.165) is 11.3 Å². The third kappa shape index (κ3) is 4.81. The molecule has 0 fully saturated rings. The molecular formula is C20H25N3O3. The van der Waals surface area contributed by atoms with Crippen molar-refractivity contribution in [3.8, 4) is 5.75 Å². The molecule has 0 aliphatic heterocycles. The molecule has 1 aromatic carbocycles. The van der Waals surface area contributed by atoms with Gasteiger partial charge in [0.2, 0.25) is 0 Å². The lowest BCUT2D eigenvalue weighted by atomic mass is 10.1. The van der Waals surface area contributed by atoms with E-state index in [1.807, 2.05) is 38.1 Å². The number of carbonyl (C=O) groups excluding carboxylic acids is 2. The predicted octanol–water partition coefficient (Wildman–Crippen LogP) is 2.54. The molecule has 0 aliphatic carbocycles. The standard InChI is InChI=1S/C20H25N3O3/c1-4-23(5-2)20(25)17-12-16(13-21-14-17)19(24)22-11-10-15-8-6-7-9-18(15)26-3/h6-9,12-14H,4-5,10-11H2,1-3H3,(H,22,24). The van der Waals surface area contributed by atoms with Gasteiger partial charge in [-0.25, -0.2) is 0 Å². The molecule has 1 aromatic heterocycles. The van der Waals surface area contributed by atoms with Crippen LogP contribution in [0.15, 0.2) is 42.7 Å². The largest absolute Gasteiger partial charge is 0.496 e. The van der Waals surface area contributed by atoms with Gasteiger partial charge >= 0.3 is 0 Å². The predicted molar refractivity (Wildman–Crippen MR) is 101 cm³/mol. The second-order valence-electron chi connectivity index (χ2n) is 5.76. The van der Waals surface area contributed by atoms with Crippen molar-refractivity contribution in [3.63, 3.8) is 0 Å². The average Bonchev–Trinajstić information content (AvgIpc) is 2.69. The van der Waals surface area contributed by atoms with Gasteiger partial charge in [0.15, 0.2) is 0 Å². The number of nitrogens with zero attached hydrogens (tertiary/aromatic N) is 2. The molecule has 0 atom stereocenters. The summed E-state index contributed by atoms with van der Waals surface area (Å²) in [6.07, 6.45) is 3.62. The summed E-state index contributed by atoms with van der Waals surface area (Å²) in [5.41, 5.74) is 1.83. The molecule has 138 valence electrons. The molecule has 1 heterocycles. The molecule has 6 nitrogen and oxygen atoms in total. The quantitative estimate of drug-likeness (QED) is 0.790. The fourth-order valence-corrected chi connectivity index (χ4v) is 2.70. The summed E-state index contributed by atoms with van der Waals surface area (Å²) in [6.45, 7) is 5.54. The lowest BCUT2D eigenvalue weighted by molar-refractivity contribution is 0.0772. The number of nitrogens with one attached hydrogen (secondary N) is 1. The molecular weight excluding hydrogens is 330 g/mol. The van der Waals surface area contributed by atoms with Crippen LogP contribution in [-0.2, 0) is 6.42 Å². The van der Waals surface area contributed by atoms with Crippen molar-refractivity contribution in [2.45, 2.75) is 20.3 Å². The number of carbonyl (C=O) groups is 2. The minimum atomic E-state index is -0.249. The molecule has 0 saturated carbocycles. The van der Waals surface area contributed by atoms with E-state index < -0.39 is 0 Å². The Bertz CT molecular complexity index is 757. The Morgan fingerprint density at radius 1 is 1.12 bits per heavy atom. The van der Waals surface area contributed by atoms with Gasteiger partial charge in [-0.1, -0.05) is 18.2 Å². The van der Waals surface area contributed by atoms with Crippen molar-refractivity contribution >= 4 is 11.8 Å². The van der Waals surface area contributed by atoms with Crippen LogP contribution in [-0.4, -0.2) is 48.4 Å². The Kier molecular flexibility index (Phi) is 7.14. The van der Waals surface area contributed by atoms with Gasteiger partial charge in [0.1, 0.15) is 5.75 Å². The van der Waals surface area contributed by atoms with Crippen LogP contribution in [0, 0.1) is 0 Å². The maximum atomic E-state index is 12.4. The molecule has 0 unspecified atom stereocenters. The third-order valence-corrected chi connectivity index (χ3v) is 4.17. The highest BCUT2D eigenvalue weighted by molar-refractivity contribution is 5.99. The lowest BCUT2D eigenvalue weighted by Gasteiger charge is -2.18. The van der Waals surface area contributed by atoms with E-state index in [2.05, 4.69) is 10.3 Å². The summed E-state index contributed by atoms with van der Waals surface area (Å²) in [6, 6.07) is 9.29. The van der Waals surface area contributed by atoms with Crippen molar-refractivity contribution in [2.24, 2.45) is 0 Å². The lowest BCUT2D eigenvalue weighted by Crippen LogP contribution is -2.31. The Labute approximate surface area is 154 Å². The molecule has 2 aromatic rings. The Balaban J connectivity index is 1.99. The number of methoxy groups -OCH3 is 1. The molecule has 0 saturated heterocycles. The second kappa shape index (κ2) is 9.56. The first-order valence-corrected chi connectivity index (χ1v) is 8.75. The van der Waals surface area contributed by atoms with Crippen LogP contribution in [0.4, 0.5) is 0 Å². The zero-order valence-electron chi connectivity index (χ0n) is 15.5. The first kappa shape index (κ1) is 19.4. The van der Waals surface area contributed by atoms with E-state index in [1.54, 1.807) is 18.1 Å². The van der Waals surface area contributed by atoms with Crippen molar-refractivity contribution in [2.75, 3.05) is 26.7 Å². The van der Waals surface area contributed by atoms with Crippen LogP contribution in [0.25, 0.3) is 0 Å². The molecule has 0 spiro atoms. The minimum Gasteiger partial charge on any atom is -0.496 e. The van der Waals surface area contributed by atoms with Gasteiger partial charge in [-0.05, 0) is 38.0 Å². The molecule has 0 radical (unpaired) electrons. The van der Waals surface area contributed by atoms with Crippen LogP contribution in [0.2, 0.25) is 0 Å². The number of rotatable bonds is 8. The number of amides is 2. The molecule has 0 bridgehead atoms. The Hall–Kier alpha value is -2.89. The molecule has 1 N–H and O–H groups in total. The van der Waals surface area contributed by atoms with Gasteiger partial charge in [-0.3, -0.25) is 14.6 Å². The van der Waals surface area contributed by atoms with Crippen LogP contribution < -0.4 is 10.1 Å². The van der Waals surface area contributed by atoms with Gasteiger partial charge in [0, 0.05) is 32.0 Å². The summed E-state index contributed by atoms with van der Waals surface area (Å²) in [4.78, 5) is 30.5. The zero-order chi connectivity index (χ0) is 18.9. The van der Waals surface area contributed by atoms with Crippen molar-refractivity contribution in [1.82, 2.24) is 15.2 Å². The van der Waals surface area contributed by atoms with Crippen molar-refractivity contribution in [1.29, 1.82) is 0 Å². The number of ether oxygens (including phenoxy) is 1. The van der Waals surface area contributed by atoms with Gasteiger partial charge < -0.3 is 15.0 Å². The monoisotopic (exact) mass is 355 g/mol. The Morgan fingerprint density at radius 2 is 1.81 bits per heavy atom. The highest BCUT2D eigenvalue weighted by atomic mass is 16.5. The number of aromatic nitrogens is 1. The minimum absolute atomic E-state index is 0.119. The van der Waals surface area contributed by atoms with Crippen LogP contribution in [0.5, 0.6) is 5.75 Å². The second-order valence-corrected chi connectivity index (χ2v) is 5.76. The van der Waals surface area contributed by atoms with E-state index in [-0.39, 0.29) is 11.8 Å². The fraction of sp³-hybridized carbons (Fsp3) is 0.350. The van der Waals surface area contributed by atoms with Gasteiger partial charge in [0.05, 0.1) is 18.2 Å². The molecule has 2 amide bonds. The number of pyridine rings is 1. The molecule has 2 rings (SSSR count). The van der Waals surface area contributed by atoms with E-state index >= 15 is 0 Å². The summed E-state index contributed by atoms with van der Waals surface area (Å²) in [5, 5.41) is 2.86.